The van der Waals surface area contributed by atoms with Crippen LogP contribution < -0.4 is 11.1 Å². The second-order valence-electron chi connectivity index (χ2n) is 6.38. The second-order valence-corrected chi connectivity index (χ2v) is 6.38. The van der Waals surface area contributed by atoms with Crippen LogP contribution in [0.3, 0.4) is 0 Å². The highest BCUT2D eigenvalue weighted by molar-refractivity contribution is 5.65. The number of hydrogen-bond donors (Lipinski definition) is 2. The molecule has 3 N–H and O–H groups in total. The monoisotopic (exact) mass is 252 g/mol. The highest BCUT2D eigenvalue weighted by Gasteiger charge is 2.24. The van der Waals surface area contributed by atoms with E-state index in [0.717, 1.165) is 23.7 Å². The minimum Gasteiger partial charge on any atom is -0.394 e. The molecule has 0 saturated carbocycles. The van der Waals surface area contributed by atoms with Crippen LogP contribution in [0, 0.1) is 18.3 Å². The Bertz CT molecular complexity index is 402. The van der Waals surface area contributed by atoms with Crippen molar-refractivity contribution in [1.29, 1.82) is 0 Å². The largest absolute Gasteiger partial charge is 0.394 e. The Labute approximate surface area is 111 Å². The summed E-state index contributed by atoms with van der Waals surface area (Å²) >= 11 is 0. The predicted molar refractivity (Wildman–Crippen MR) is 78.9 cm³/mol. The molecule has 0 amide bonds. The van der Waals surface area contributed by atoms with Gasteiger partial charge in [-0.05, 0) is 32.1 Å². The standard InChI is InChI=1S/C14H28N4/c1-9(2)14(6,7)8-16-13-12(15)11(5)17-18(13)10(3)4/h9-10,16H,8,15H2,1-7H3. The van der Waals surface area contributed by atoms with E-state index in [0.29, 0.717) is 12.0 Å². The fourth-order valence-corrected chi connectivity index (χ4v) is 1.63. The van der Waals surface area contributed by atoms with Crippen molar-refractivity contribution in [1.82, 2.24) is 9.78 Å². The fourth-order valence-electron chi connectivity index (χ4n) is 1.63. The first-order chi connectivity index (χ1) is 8.16. The first-order valence-electron chi connectivity index (χ1n) is 6.75. The van der Waals surface area contributed by atoms with Crippen LogP contribution in [-0.4, -0.2) is 16.3 Å². The summed E-state index contributed by atoms with van der Waals surface area (Å²) < 4.78 is 1.97. The van der Waals surface area contributed by atoms with Crippen LogP contribution in [0.4, 0.5) is 11.5 Å². The maximum absolute atomic E-state index is 6.10. The molecule has 1 aromatic heterocycles. The van der Waals surface area contributed by atoms with Crippen molar-refractivity contribution in [2.45, 2.75) is 54.5 Å². The normalized spacial score (nSPS) is 12.5. The number of anilines is 2. The number of aromatic nitrogens is 2. The van der Waals surface area contributed by atoms with Gasteiger partial charge in [0.2, 0.25) is 0 Å². The number of aryl methyl sites for hydroxylation is 1. The summed E-state index contributed by atoms with van der Waals surface area (Å²) in [5, 5.41) is 7.97. The van der Waals surface area contributed by atoms with E-state index >= 15 is 0 Å². The lowest BCUT2D eigenvalue weighted by atomic mass is 9.81. The number of nitrogens with zero attached hydrogens (tertiary/aromatic N) is 2. The van der Waals surface area contributed by atoms with Crippen LogP contribution in [0.5, 0.6) is 0 Å². The van der Waals surface area contributed by atoms with Gasteiger partial charge in [-0.3, -0.25) is 0 Å². The van der Waals surface area contributed by atoms with E-state index in [4.69, 9.17) is 5.73 Å². The van der Waals surface area contributed by atoms with Crippen LogP contribution >= 0.6 is 0 Å². The van der Waals surface area contributed by atoms with Gasteiger partial charge in [-0.1, -0.05) is 27.7 Å². The molecule has 0 aromatic carbocycles. The van der Waals surface area contributed by atoms with E-state index in [1.165, 1.54) is 0 Å². The van der Waals surface area contributed by atoms with Crippen LogP contribution in [0.15, 0.2) is 0 Å². The van der Waals surface area contributed by atoms with Crippen molar-refractivity contribution < 1.29 is 0 Å². The number of rotatable bonds is 5. The molecule has 0 spiro atoms. The Morgan fingerprint density at radius 2 is 1.83 bits per heavy atom. The van der Waals surface area contributed by atoms with E-state index in [-0.39, 0.29) is 5.41 Å². The molecule has 0 bridgehead atoms. The molecule has 0 aliphatic rings. The van der Waals surface area contributed by atoms with E-state index in [9.17, 15) is 0 Å². The van der Waals surface area contributed by atoms with Crippen molar-refractivity contribution in [2.75, 3.05) is 17.6 Å². The fraction of sp³-hybridized carbons (Fsp3) is 0.786. The Kier molecular flexibility index (Phi) is 4.30. The number of nitrogens with two attached hydrogens (primary N) is 1. The van der Waals surface area contributed by atoms with Gasteiger partial charge in [0.05, 0.1) is 11.4 Å². The third kappa shape index (κ3) is 2.98. The van der Waals surface area contributed by atoms with Crippen molar-refractivity contribution in [3.05, 3.63) is 5.69 Å². The zero-order chi connectivity index (χ0) is 14.1. The Hall–Kier alpha value is -1.19. The molecular weight excluding hydrogens is 224 g/mol. The number of hydrogen-bond acceptors (Lipinski definition) is 3. The van der Waals surface area contributed by atoms with Gasteiger partial charge in [0.15, 0.2) is 0 Å². The molecule has 1 aromatic rings. The van der Waals surface area contributed by atoms with Crippen molar-refractivity contribution in [3.63, 3.8) is 0 Å². The van der Waals surface area contributed by atoms with Crippen molar-refractivity contribution in [2.24, 2.45) is 11.3 Å². The first kappa shape index (κ1) is 14.9. The van der Waals surface area contributed by atoms with Crippen molar-refractivity contribution >= 4 is 11.5 Å². The van der Waals surface area contributed by atoms with Gasteiger partial charge in [-0.2, -0.15) is 5.10 Å². The van der Waals surface area contributed by atoms with Crippen LogP contribution in [0.1, 0.15) is 53.3 Å². The molecule has 18 heavy (non-hydrogen) atoms. The van der Waals surface area contributed by atoms with E-state index in [2.05, 4.69) is 52.0 Å². The minimum atomic E-state index is 0.229. The molecule has 0 unspecified atom stereocenters. The van der Waals surface area contributed by atoms with Gasteiger partial charge >= 0.3 is 0 Å². The van der Waals surface area contributed by atoms with Gasteiger partial charge in [0.25, 0.3) is 0 Å². The van der Waals surface area contributed by atoms with E-state index in [1.54, 1.807) is 0 Å². The van der Waals surface area contributed by atoms with Crippen molar-refractivity contribution in [3.8, 4) is 0 Å². The Morgan fingerprint density at radius 3 is 2.28 bits per heavy atom. The average molecular weight is 252 g/mol. The molecule has 1 rings (SSSR count). The van der Waals surface area contributed by atoms with Gasteiger partial charge in [-0.15, -0.1) is 0 Å². The predicted octanol–water partition coefficient (Wildman–Crippen LogP) is 3.45. The van der Waals surface area contributed by atoms with Gasteiger partial charge in [-0.25, -0.2) is 4.68 Å². The molecular formula is C14H28N4. The summed E-state index contributed by atoms with van der Waals surface area (Å²) in [6.45, 7) is 16.1. The molecule has 0 aliphatic heterocycles. The summed E-state index contributed by atoms with van der Waals surface area (Å²) in [6.07, 6.45) is 0. The Balaban J connectivity index is 2.91. The van der Waals surface area contributed by atoms with Crippen LogP contribution in [0.25, 0.3) is 0 Å². The number of nitrogen functional groups attached to an aromatic ring is 1. The lowest BCUT2D eigenvalue weighted by Gasteiger charge is -2.30. The molecule has 0 saturated heterocycles. The summed E-state index contributed by atoms with van der Waals surface area (Å²) in [4.78, 5) is 0. The van der Waals surface area contributed by atoms with E-state index < -0.39 is 0 Å². The van der Waals surface area contributed by atoms with E-state index in [1.807, 2.05) is 11.6 Å². The smallest absolute Gasteiger partial charge is 0.148 e. The zero-order valence-electron chi connectivity index (χ0n) is 12.8. The van der Waals surface area contributed by atoms with Gasteiger partial charge in [0, 0.05) is 12.6 Å². The third-order valence-electron chi connectivity index (χ3n) is 3.90. The molecule has 0 aliphatic carbocycles. The summed E-state index contributed by atoms with van der Waals surface area (Å²) in [6, 6.07) is 0.311. The summed E-state index contributed by atoms with van der Waals surface area (Å²) in [5.74, 6) is 1.57. The van der Waals surface area contributed by atoms with Gasteiger partial charge < -0.3 is 11.1 Å². The Morgan fingerprint density at radius 1 is 1.28 bits per heavy atom. The molecule has 104 valence electrons. The number of nitrogens with one attached hydrogen (secondary N) is 1. The maximum atomic E-state index is 6.10. The molecule has 0 atom stereocenters. The first-order valence-corrected chi connectivity index (χ1v) is 6.75. The highest BCUT2D eigenvalue weighted by atomic mass is 15.4. The van der Waals surface area contributed by atoms with Gasteiger partial charge in [0.1, 0.15) is 5.82 Å². The lowest BCUT2D eigenvalue weighted by molar-refractivity contribution is 0.269. The summed E-state index contributed by atoms with van der Waals surface area (Å²) in [5.41, 5.74) is 7.99. The highest BCUT2D eigenvalue weighted by Crippen LogP contribution is 2.30. The molecule has 4 heteroatoms. The topological polar surface area (TPSA) is 55.9 Å². The SMILES string of the molecule is Cc1nn(C(C)C)c(NCC(C)(C)C(C)C)c1N. The van der Waals surface area contributed by atoms with Crippen LogP contribution in [0.2, 0.25) is 0 Å². The van der Waals surface area contributed by atoms with Crippen LogP contribution in [-0.2, 0) is 0 Å². The maximum Gasteiger partial charge on any atom is 0.148 e. The third-order valence-corrected chi connectivity index (χ3v) is 3.90. The second kappa shape index (κ2) is 5.21. The average Bonchev–Trinajstić information content (AvgIpc) is 2.53. The quantitative estimate of drug-likeness (QED) is 0.844. The molecule has 1 heterocycles. The zero-order valence-corrected chi connectivity index (χ0v) is 12.8. The molecule has 4 nitrogen and oxygen atoms in total. The lowest BCUT2D eigenvalue weighted by Crippen LogP contribution is -2.29. The minimum absolute atomic E-state index is 0.229. The molecule has 0 radical (unpaired) electrons. The summed E-state index contributed by atoms with van der Waals surface area (Å²) in [7, 11) is 0. The molecule has 0 fully saturated rings.